The molecule has 15 heavy (non-hydrogen) atoms. The Morgan fingerprint density at radius 3 is 2.47 bits per heavy atom. The van der Waals surface area contributed by atoms with Gasteiger partial charge in [0.05, 0.1) is 0 Å². The molecule has 1 unspecified atom stereocenters. The zero-order valence-corrected chi connectivity index (χ0v) is 10.8. The van der Waals surface area contributed by atoms with Gasteiger partial charge in [-0.25, -0.2) is 0 Å². The topological polar surface area (TPSA) is 29.1 Å². The minimum absolute atomic E-state index is 0.607. The molecule has 0 saturated heterocycles. The highest BCUT2D eigenvalue weighted by molar-refractivity contribution is 7.84. The van der Waals surface area contributed by atoms with Gasteiger partial charge in [0.15, 0.2) is 0 Å². The Morgan fingerprint density at radius 2 is 1.93 bits per heavy atom. The van der Waals surface area contributed by atoms with E-state index in [0.717, 1.165) is 5.56 Å². The second kappa shape index (κ2) is 6.48. The average Bonchev–Trinajstić information content (AvgIpc) is 2.15. The summed E-state index contributed by atoms with van der Waals surface area (Å²) in [7, 11) is -0.763. The van der Waals surface area contributed by atoms with E-state index < -0.39 is 10.8 Å². The number of halogens is 2. The van der Waals surface area contributed by atoms with Crippen molar-refractivity contribution in [3.05, 3.63) is 33.8 Å². The zero-order valence-electron chi connectivity index (χ0n) is 8.43. The van der Waals surface area contributed by atoms with Crippen LogP contribution in [0.25, 0.3) is 0 Å². The fourth-order valence-corrected chi connectivity index (χ4v) is 2.09. The molecule has 1 atom stereocenters. The van der Waals surface area contributed by atoms with Gasteiger partial charge in [-0.05, 0) is 12.1 Å². The largest absolute Gasteiger partial charge is 0.312 e. The first kappa shape index (κ1) is 13.0. The number of hydrogen-bond acceptors (Lipinski definition) is 2. The van der Waals surface area contributed by atoms with E-state index >= 15 is 0 Å². The molecule has 0 bridgehead atoms. The molecule has 0 aliphatic carbocycles. The van der Waals surface area contributed by atoms with Gasteiger partial charge in [0, 0.05) is 51.5 Å². The lowest BCUT2D eigenvalue weighted by Gasteiger charge is -2.07. The second-order valence-electron chi connectivity index (χ2n) is 3.15. The van der Waals surface area contributed by atoms with E-state index in [9.17, 15) is 4.21 Å². The Bertz CT molecular complexity index is 337. The molecule has 0 heterocycles. The number of rotatable bonds is 5. The summed E-state index contributed by atoms with van der Waals surface area (Å²) in [5.41, 5.74) is 0.891. The minimum atomic E-state index is -0.763. The van der Waals surface area contributed by atoms with Crippen LogP contribution in [-0.2, 0) is 17.3 Å². The average molecular weight is 266 g/mol. The van der Waals surface area contributed by atoms with Gasteiger partial charge in [0.1, 0.15) is 0 Å². The maximum Gasteiger partial charge on any atom is 0.0465 e. The molecule has 0 fully saturated rings. The Morgan fingerprint density at radius 1 is 1.33 bits per heavy atom. The van der Waals surface area contributed by atoms with Crippen molar-refractivity contribution in [2.75, 3.05) is 18.6 Å². The van der Waals surface area contributed by atoms with Crippen LogP contribution in [-0.4, -0.2) is 22.8 Å². The lowest BCUT2D eigenvalue weighted by Crippen LogP contribution is -2.20. The summed E-state index contributed by atoms with van der Waals surface area (Å²) in [6.45, 7) is 1.31. The van der Waals surface area contributed by atoms with Gasteiger partial charge in [-0.1, -0.05) is 29.3 Å². The molecule has 0 aliphatic rings. The van der Waals surface area contributed by atoms with Crippen molar-refractivity contribution in [1.82, 2.24) is 5.32 Å². The molecule has 5 heteroatoms. The normalized spacial score (nSPS) is 12.7. The molecule has 1 rings (SSSR count). The van der Waals surface area contributed by atoms with E-state index in [0.29, 0.717) is 28.9 Å². The highest BCUT2D eigenvalue weighted by Crippen LogP contribution is 2.23. The van der Waals surface area contributed by atoms with Gasteiger partial charge in [0.2, 0.25) is 0 Å². The van der Waals surface area contributed by atoms with Gasteiger partial charge in [-0.2, -0.15) is 0 Å². The van der Waals surface area contributed by atoms with Crippen molar-refractivity contribution < 1.29 is 4.21 Å². The Kier molecular flexibility index (Phi) is 5.61. The van der Waals surface area contributed by atoms with E-state index in [2.05, 4.69) is 5.32 Å². The molecule has 1 aromatic carbocycles. The summed E-state index contributed by atoms with van der Waals surface area (Å²) in [6, 6.07) is 5.43. The van der Waals surface area contributed by atoms with Crippen LogP contribution < -0.4 is 5.32 Å². The van der Waals surface area contributed by atoms with E-state index in [-0.39, 0.29) is 0 Å². The van der Waals surface area contributed by atoms with Crippen LogP contribution >= 0.6 is 23.2 Å². The maximum absolute atomic E-state index is 10.8. The van der Waals surface area contributed by atoms with Crippen molar-refractivity contribution in [3.8, 4) is 0 Å². The lowest BCUT2D eigenvalue weighted by atomic mass is 10.2. The molecule has 1 N–H and O–H groups in total. The number of hydrogen-bond donors (Lipinski definition) is 1. The zero-order chi connectivity index (χ0) is 11.3. The first-order valence-electron chi connectivity index (χ1n) is 4.55. The molecular weight excluding hydrogens is 253 g/mol. The summed E-state index contributed by atoms with van der Waals surface area (Å²) < 4.78 is 10.8. The van der Waals surface area contributed by atoms with Gasteiger partial charge < -0.3 is 5.32 Å². The van der Waals surface area contributed by atoms with Crippen LogP contribution in [0.15, 0.2) is 18.2 Å². The van der Waals surface area contributed by atoms with Gasteiger partial charge >= 0.3 is 0 Å². The van der Waals surface area contributed by atoms with Gasteiger partial charge in [-0.3, -0.25) is 4.21 Å². The fraction of sp³-hybridized carbons (Fsp3) is 0.400. The second-order valence-corrected chi connectivity index (χ2v) is 5.52. The van der Waals surface area contributed by atoms with Crippen molar-refractivity contribution in [3.63, 3.8) is 0 Å². The molecular formula is C10H13Cl2NOS. The van der Waals surface area contributed by atoms with Crippen molar-refractivity contribution in [1.29, 1.82) is 0 Å². The van der Waals surface area contributed by atoms with Crippen LogP contribution in [0.2, 0.25) is 10.0 Å². The molecule has 0 aromatic heterocycles. The Hall–Kier alpha value is -0.0900. The molecule has 84 valence electrons. The number of benzene rings is 1. The van der Waals surface area contributed by atoms with Crippen molar-refractivity contribution in [2.45, 2.75) is 6.54 Å². The van der Waals surface area contributed by atoms with Crippen LogP contribution in [0.4, 0.5) is 0 Å². The summed E-state index contributed by atoms with van der Waals surface area (Å²) in [5.74, 6) is 0.641. The predicted molar refractivity (Wildman–Crippen MR) is 67.1 cm³/mol. The Balaban J connectivity index is 2.47. The van der Waals surface area contributed by atoms with Crippen molar-refractivity contribution >= 4 is 34.0 Å². The minimum Gasteiger partial charge on any atom is -0.312 e. The van der Waals surface area contributed by atoms with Gasteiger partial charge in [0.25, 0.3) is 0 Å². The van der Waals surface area contributed by atoms with Crippen molar-refractivity contribution in [2.24, 2.45) is 0 Å². The highest BCUT2D eigenvalue weighted by atomic mass is 35.5. The highest BCUT2D eigenvalue weighted by Gasteiger charge is 2.04. The quantitative estimate of drug-likeness (QED) is 0.829. The third-order valence-corrected chi connectivity index (χ3v) is 3.42. The summed E-state index contributed by atoms with van der Waals surface area (Å²) in [5, 5.41) is 4.47. The molecule has 0 saturated carbocycles. The third-order valence-electron chi connectivity index (χ3n) is 1.93. The monoisotopic (exact) mass is 265 g/mol. The van der Waals surface area contributed by atoms with Gasteiger partial charge in [-0.15, -0.1) is 0 Å². The standard InChI is InChI=1S/C10H13Cl2NOS/c1-15(14)6-5-13-7-8-9(11)3-2-4-10(8)12/h2-4,13H,5-7H2,1H3. The molecule has 0 radical (unpaired) electrons. The van der Waals surface area contributed by atoms with Crippen LogP contribution in [0, 0.1) is 0 Å². The molecule has 1 aromatic rings. The van der Waals surface area contributed by atoms with E-state index in [4.69, 9.17) is 23.2 Å². The number of nitrogens with one attached hydrogen (secondary N) is 1. The summed E-state index contributed by atoms with van der Waals surface area (Å²) >= 11 is 12.0. The maximum atomic E-state index is 10.8. The first-order chi connectivity index (χ1) is 7.11. The molecule has 0 amide bonds. The smallest absolute Gasteiger partial charge is 0.0465 e. The summed E-state index contributed by atoms with van der Waals surface area (Å²) in [4.78, 5) is 0. The van der Waals surface area contributed by atoms with E-state index in [1.165, 1.54) is 0 Å². The van der Waals surface area contributed by atoms with Crippen LogP contribution in [0.5, 0.6) is 0 Å². The first-order valence-corrected chi connectivity index (χ1v) is 7.03. The fourth-order valence-electron chi connectivity index (χ4n) is 1.13. The SMILES string of the molecule is CS(=O)CCNCc1c(Cl)cccc1Cl. The van der Waals surface area contributed by atoms with Crippen LogP contribution in [0.3, 0.4) is 0 Å². The molecule has 0 aliphatic heterocycles. The predicted octanol–water partition coefficient (Wildman–Crippen LogP) is 2.46. The van der Waals surface area contributed by atoms with E-state index in [1.807, 2.05) is 18.2 Å². The third kappa shape index (κ3) is 4.51. The van der Waals surface area contributed by atoms with E-state index in [1.54, 1.807) is 6.26 Å². The lowest BCUT2D eigenvalue weighted by molar-refractivity contribution is 0.677. The molecule has 2 nitrogen and oxygen atoms in total. The molecule has 0 spiro atoms. The Labute approximate surface area is 102 Å². The summed E-state index contributed by atoms with van der Waals surface area (Å²) in [6.07, 6.45) is 1.68. The van der Waals surface area contributed by atoms with Crippen LogP contribution in [0.1, 0.15) is 5.56 Å².